The van der Waals surface area contributed by atoms with Gasteiger partial charge in [-0.2, -0.15) is 0 Å². The summed E-state index contributed by atoms with van der Waals surface area (Å²) in [5, 5.41) is 5.91. The van der Waals surface area contributed by atoms with Crippen molar-refractivity contribution in [3.63, 3.8) is 0 Å². The highest BCUT2D eigenvalue weighted by Gasteiger charge is 2.31. The van der Waals surface area contributed by atoms with Gasteiger partial charge in [0.25, 0.3) is 0 Å². The van der Waals surface area contributed by atoms with Gasteiger partial charge in [-0.15, -0.1) is 0 Å². The van der Waals surface area contributed by atoms with Gasteiger partial charge in [0.1, 0.15) is 11.9 Å². The van der Waals surface area contributed by atoms with E-state index in [1.807, 2.05) is 0 Å². The van der Waals surface area contributed by atoms with E-state index in [2.05, 4.69) is 67.1 Å². The lowest BCUT2D eigenvalue weighted by molar-refractivity contribution is -0.491. The molecule has 2 heterocycles. The standard InChI is InChI=1S/C17H20N2/c1-3-7-15-12(4-2)10-17(19-15)14-11-18-16-9-6-5-8-13(14)16/h4-9,11,17-19H,3,10H2,1-2H3/p+1. The van der Waals surface area contributed by atoms with Gasteiger partial charge in [0, 0.05) is 22.9 Å². The summed E-state index contributed by atoms with van der Waals surface area (Å²) in [7, 11) is 0. The van der Waals surface area contributed by atoms with Gasteiger partial charge in [0.05, 0.1) is 6.04 Å². The van der Waals surface area contributed by atoms with E-state index in [4.69, 9.17) is 0 Å². The quantitative estimate of drug-likeness (QED) is 0.780. The third kappa shape index (κ3) is 2.13. The van der Waals surface area contributed by atoms with Crippen molar-refractivity contribution < 1.29 is 5.32 Å². The molecule has 1 atom stereocenters. The second-order valence-electron chi connectivity index (χ2n) is 5.12. The molecule has 0 spiro atoms. The molecule has 2 nitrogen and oxygen atoms in total. The zero-order valence-corrected chi connectivity index (χ0v) is 11.6. The number of benzene rings is 1. The van der Waals surface area contributed by atoms with E-state index in [-0.39, 0.29) is 0 Å². The first-order valence-corrected chi connectivity index (χ1v) is 7.10. The Kier molecular flexibility index (Phi) is 3.26. The number of nitrogens with one attached hydrogen (secondary N) is 1. The summed E-state index contributed by atoms with van der Waals surface area (Å²) < 4.78 is 0. The summed E-state index contributed by atoms with van der Waals surface area (Å²) >= 11 is 0. The Morgan fingerprint density at radius 1 is 1.37 bits per heavy atom. The molecule has 1 aromatic carbocycles. The SMILES string of the molecule is CC=C1CC(C2=C[NH2+]c3ccccc32)NC1=CCC. The van der Waals surface area contributed by atoms with Gasteiger partial charge in [-0.3, -0.25) is 5.32 Å². The molecule has 98 valence electrons. The minimum absolute atomic E-state index is 0.420. The van der Waals surface area contributed by atoms with E-state index < -0.39 is 0 Å². The molecule has 2 aliphatic heterocycles. The van der Waals surface area contributed by atoms with Crippen molar-refractivity contribution in [2.24, 2.45) is 0 Å². The van der Waals surface area contributed by atoms with Crippen molar-refractivity contribution in [2.45, 2.75) is 32.7 Å². The van der Waals surface area contributed by atoms with Crippen LogP contribution >= 0.6 is 0 Å². The van der Waals surface area contributed by atoms with Crippen molar-refractivity contribution >= 4 is 11.3 Å². The molecule has 0 radical (unpaired) electrons. The largest absolute Gasteiger partial charge is 0.378 e. The predicted molar refractivity (Wildman–Crippen MR) is 79.7 cm³/mol. The van der Waals surface area contributed by atoms with Gasteiger partial charge in [0.15, 0.2) is 0 Å². The van der Waals surface area contributed by atoms with Crippen LogP contribution in [-0.4, -0.2) is 6.04 Å². The molecule has 0 amide bonds. The molecule has 2 aliphatic rings. The van der Waals surface area contributed by atoms with Gasteiger partial charge in [-0.1, -0.05) is 31.2 Å². The Labute approximate surface area is 114 Å². The third-order valence-corrected chi connectivity index (χ3v) is 3.95. The Bertz CT molecular complexity index is 579. The van der Waals surface area contributed by atoms with Crippen molar-refractivity contribution in [3.8, 4) is 0 Å². The molecule has 0 aliphatic carbocycles. The summed E-state index contributed by atoms with van der Waals surface area (Å²) in [5.41, 5.74) is 6.91. The van der Waals surface area contributed by atoms with Crippen molar-refractivity contribution in [1.82, 2.24) is 5.32 Å². The molecule has 3 rings (SSSR count). The molecule has 0 bridgehead atoms. The predicted octanol–water partition coefficient (Wildman–Crippen LogP) is 2.84. The fourth-order valence-electron chi connectivity index (χ4n) is 2.99. The average Bonchev–Trinajstić information content (AvgIpc) is 3.02. The molecule has 2 heteroatoms. The lowest BCUT2D eigenvalue weighted by atomic mass is 9.97. The summed E-state index contributed by atoms with van der Waals surface area (Å²) in [6, 6.07) is 9.06. The first-order chi connectivity index (χ1) is 9.33. The van der Waals surface area contributed by atoms with Crippen molar-refractivity contribution in [1.29, 1.82) is 0 Å². The molecule has 3 N–H and O–H groups in total. The summed E-state index contributed by atoms with van der Waals surface area (Å²) in [6.45, 7) is 4.32. The topological polar surface area (TPSA) is 28.6 Å². The smallest absolute Gasteiger partial charge is 0.142 e. The molecule has 1 aromatic rings. The van der Waals surface area contributed by atoms with E-state index >= 15 is 0 Å². The van der Waals surface area contributed by atoms with Gasteiger partial charge >= 0.3 is 0 Å². The van der Waals surface area contributed by atoms with Gasteiger partial charge in [-0.05, 0) is 31.4 Å². The second-order valence-corrected chi connectivity index (χ2v) is 5.12. The van der Waals surface area contributed by atoms with Crippen LogP contribution in [0.15, 0.2) is 53.9 Å². The van der Waals surface area contributed by atoms with E-state index in [0.717, 1.165) is 12.8 Å². The summed E-state index contributed by atoms with van der Waals surface area (Å²) in [4.78, 5) is 0. The summed E-state index contributed by atoms with van der Waals surface area (Å²) in [5.74, 6) is 0. The van der Waals surface area contributed by atoms with Crippen molar-refractivity contribution in [3.05, 3.63) is 59.5 Å². The fourth-order valence-corrected chi connectivity index (χ4v) is 2.99. The maximum atomic E-state index is 3.68. The molecule has 0 saturated carbocycles. The van der Waals surface area contributed by atoms with Crippen LogP contribution in [0.4, 0.5) is 5.69 Å². The Morgan fingerprint density at radius 3 is 3.00 bits per heavy atom. The Balaban J connectivity index is 1.89. The second kappa shape index (κ2) is 5.06. The van der Waals surface area contributed by atoms with Crippen LogP contribution in [0, 0.1) is 0 Å². The van der Waals surface area contributed by atoms with E-state index in [1.54, 1.807) is 0 Å². The van der Waals surface area contributed by atoms with E-state index in [0.29, 0.717) is 6.04 Å². The van der Waals surface area contributed by atoms with Crippen LogP contribution in [0.2, 0.25) is 0 Å². The number of quaternary nitrogens is 1. The van der Waals surface area contributed by atoms with Crippen LogP contribution in [-0.2, 0) is 0 Å². The van der Waals surface area contributed by atoms with Crippen LogP contribution in [0.3, 0.4) is 0 Å². The first-order valence-electron chi connectivity index (χ1n) is 7.10. The number of hydrogen-bond acceptors (Lipinski definition) is 1. The number of hydrogen-bond donors (Lipinski definition) is 2. The Hall–Kier alpha value is -1.80. The minimum atomic E-state index is 0.420. The van der Waals surface area contributed by atoms with Crippen LogP contribution in [0.5, 0.6) is 0 Å². The maximum absolute atomic E-state index is 3.68. The highest BCUT2D eigenvalue weighted by Crippen LogP contribution is 2.34. The monoisotopic (exact) mass is 253 g/mol. The lowest BCUT2D eigenvalue weighted by Gasteiger charge is -2.11. The molecular formula is C17H21N2+. The molecule has 1 fully saturated rings. The number of para-hydroxylation sites is 1. The highest BCUT2D eigenvalue weighted by molar-refractivity contribution is 5.79. The maximum Gasteiger partial charge on any atom is 0.142 e. The number of fused-ring (bicyclic) bond motifs is 1. The normalized spacial score (nSPS) is 25.6. The first kappa shape index (κ1) is 12.2. The third-order valence-electron chi connectivity index (χ3n) is 3.95. The van der Waals surface area contributed by atoms with Crippen LogP contribution < -0.4 is 10.6 Å². The van der Waals surface area contributed by atoms with Crippen molar-refractivity contribution in [2.75, 3.05) is 0 Å². The number of allylic oxidation sites excluding steroid dienone is 3. The Morgan fingerprint density at radius 2 is 2.21 bits per heavy atom. The molecule has 0 aromatic heterocycles. The van der Waals surface area contributed by atoms with Crippen LogP contribution in [0.1, 0.15) is 32.3 Å². The highest BCUT2D eigenvalue weighted by atomic mass is 15.0. The fraction of sp³-hybridized carbons (Fsp3) is 0.294. The van der Waals surface area contributed by atoms with Crippen LogP contribution in [0.25, 0.3) is 5.57 Å². The molecular weight excluding hydrogens is 232 g/mol. The number of rotatable bonds is 2. The van der Waals surface area contributed by atoms with Gasteiger partial charge in [0.2, 0.25) is 0 Å². The van der Waals surface area contributed by atoms with E-state index in [1.165, 1.54) is 28.1 Å². The summed E-state index contributed by atoms with van der Waals surface area (Å²) in [6.07, 6.45) is 8.97. The minimum Gasteiger partial charge on any atom is -0.378 e. The molecule has 1 saturated heterocycles. The zero-order valence-electron chi connectivity index (χ0n) is 11.6. The molecule has 19 heavy (non-hydrogen) atoms. The zero-order chi connectivity index (χ0) is 13.2. The van der Waals surface area contributed by atoms with Gasteiger partial charge < -0.3 is 5.32 Å². The van der Waals surface area contributed by atoms with Gasteiger partial charge in [-0.25, -0.2) is 0 Å². The number of nitrogens with two attached hydrogens (primary N) is 1. The average molecular weight is 253 g/mol. The molecule has 1 unspecified atom stereocenters. The lowest BCUT2D eigenvalue weighted by Crippen LogP contribution is -2.69. The van der Waals surface area contributed by atoms with E-state index in [9.17, 15) is 0 Å².